The molecule has 1 saturated heterocycles. The molecular weight excluding hydrogens is 493 g/mol. The minimum absolute atomic E-state index is 0.0868. The lowest BCUT2D eigenvalue weighted by Crippen LogP contribution is -2.36. The largest absolute Gasteiger partial charge is 0.489 e. The molecule has 4 rings (SSSR count). The second kappa shape index (κ2) is 10.7. The number of nitrogens with zero attached hydrogens (tertiary/aromatic N) is 1. The monoisotopic (exact) mass is 512 g/mol. The molecule has 1 fully saturated rings. The summed E-state index contributed by atoms with van der Waals surface area (Å²) in [6, 6.07) is 21.0. The third-order valence-electron chi connectivity index (χ3n) is 5.09. The predicted octanol–water partition coefficient (Wildman–Crippen LogP) is 5.96. The number of imide groups is 1. The highest BCUT2D eigenvalue weighted by Gasteiger charge is 2.37. The molecule has 3 aromatic rings. The molecule has 184 valence electrons. The Bertz CT molecular complexity index is 1330. The van der Waals surface area contributed by atoms with Crippen molar-refractivity contribution in [3.63, 3.8) is 0 Å². The maximum atomic E-state index is 13.2. The fourth-order valence-corrected chi connectivity index (χ4v) is 4.23. The normalized spacial score (nSPS) is 14.9. The number of para-hydroxylation sites is 1. The van der Waals surface area contributed by atoms with Crippen LogP contribution in [0.3, 0.4) is 0 Å². The summed E-state index contributed by atoms with van der Waals surface area (Å²) < 4.78 is 45.3. The number of thioether (sulfide) groups is 1. The number of hydrogen-bond acceptors (Lipinski definition) is 5. The Balaban J connectivity index is 1.42. The Morgan fingerprint density at radius 1 is 0.972 bits per heavy atom. The summed E-state index contributed by atoms with van der Waals surface area (Å²) in [4.78, 5) is 38.3. The highest BCUT2D eigenvalue weighted by molar-refractivity contribution is 8.18. The average molecular weight is 513 g/mol. The molecule has 1 aliphatic heterocycles. The first-order valence-corrected chi connectivity index (χ1v) is 11.5. The van der Waals surface area contributed by atoms with Gasteiger partial charge >= 0.3 is 6.18 Å². The van der Waals surface area contributed by atoms with E-state index in [9.17, 15) is 27.6 Å². The number of ether oxygens (including phenoxy) is 1. The maximum absolute atomic E-state index is 13.2. The number of nitrogens with one attached hydrogen (secondary N) is 1. The lowest BCUT2D eigenvalue weighted by atomic mass is 10.1. The minimum atomic E-state index is -4.67. The van der Waals surface area contributed by atoms with Crippen molar-refractivity contribution < 1.29 is 32.3 Å². The molecule has 10 heteroatoms. The molecule has 0 bridgehead atoms. The number of carbonyl (C=O) groups is 3. The van der Waals surface area contributed by atoms with E-state index in [1.165, 1.54) is 18.2 Å². The fourth-order valence-electron chi connectivity index (χ4n) is 3.40. The van der Waals surface area contributed by atoms with Gasteiger partial charge in [-0.25, -0.2) is 0 Å². The maximum Gasteiger partial charge on any atom is 0.418 e. The molecule has 0 aliphatic carbocycles. The number of hydrogen-bond donors (Lipinski definition) is 1. The van der Waals surface area contributed by atoms with Gasteiger partial charge in [0.2, 0.25) is 5.91 Å². The lowest BCUT2D eigenvalue weighted by molar-refractivity contribution is -0.137. The zero-order chi connectivity index (χ0) is 25.7. The first-order valence-electron chi connectivity index (χ1n) is 10.7. The van der Waals surface area contributed by atoms with Crippen molar-refractivity contribution in [1.29, 1.82) is 0 Å². The zero-order valence-corrected chi connectivity index (χ0v) is 19.4. The summed E-state index contributed by atoms with van der Waals surface area (Å²) in [5, 5.41) is 1.44. The number of alkyl halides is 3. The third-order valence-corrected chi connectivity index (χ3v) is 5.99. The van der Waals surface area contributed by atoms with Gasteiger partial charge in [-0.1, -0.05) is 54.6 Å². The summed E-state index contributed by atoms with van der Waals surface area (Å²) >= 11 is 0.646. The average Bonchev–Trinajstić information content (AvgIpc) is 3.10. The van der Waals surface area contributed by atoms with E-state index in [0.29, 0.717) is 34.6 Å². The van der Waals surface area contributed by atoms with Gasteiger partial charge in [-0.3, -0.25) is 19.3 Å². The van der Waals surface area contributed by atoms with Gasteiger partial charge in [0.25, 0.3) is 11.1 Å². The number of rotatable bonds is 7. The first-order chi connectivity index (χ1) is 17.2. The SMILES string of the molecule is O=C(CN1C(=O)S/C(=C\c2cccc(OCc3ccccc3)c2)C1=O)Nc1ccccc1C(F)(F)F. The van der Waals surface area contributed by atoms with E-state index in [1.807, 2.05) is 30.3 Å². The van der Waals surface area contributed by atoms with Crippen molar-refractivity contribution in [3.8, 4) is 5.75 Å². The smallest absolute Gasteiger partial charge is 0.418 e. The van der Waals surface area contributed by atoms with Gasteiger partial charge in [0.05, 0.1) is 16.2 Å². The molecular formula is C26H19F3N2O4S. The fraction of sp³-hybridized carbons (Fsp3) is 0.115. The van der Waals surface area contributed by atoms with Gasteiger partial charge in [0.15, 0.2) is 0 Å². The van der Waals surface area contributed by atoms with Crippen LogP contribution in [0, 0.1) is 0 Å². The Labute approximate surface area is 208 Å². The van der Waals surface area contributed by atoms with Crippen LogP contribution in [0.25, 0.3) is 6.08 Å². The van der Waals surface area contributed by atoms with E-state index in [-0.39, 0.29) is 4.91 Å². The van der Waals surface area contributed by atoms with Crippen LogP contribution in [-0.4, -0.2) is 28.5 Å². The topological polar surface area (TPSA) is 75.7 Å². The van der Waals surface area contributed by atoms with Crippen LogP contribution in [-0.2, 0) is 22.4 Å². The standard InChI is InChI=1S/C26H19F3N2O4S/c27-26(28,29)20-11-4-5-12-21(20)30-23(32)15-31-24(33)22(36-25(31)34)14-18-9-6-10-19(13-18)35-16-17-7-2-1-3-8-17/h1-14H,15-16H2,(H,30,32)/b22-14-. The van der Waals surface area contributed by atoms with Gasteiger partial charge in [0.1, 0.15) is 18.9 Å². The molecule has 0 spiro atoms. The van der Waals surface area contributed by atoms with E-state index in [2.05, 4.69) is 5.32 Å². The lowest BCUT2D eigenvalue weighted by Gasteiger charge is -2.15. The number of benzene rings is 3. The molecule has 1 heterocycles. The van der Waals surface area contributed by atoms with Gasteiger partial charge in [-0.15, -0.1) is 0 Å². The van der Waals surface area contributed by atoms with E-state index >= 15 is 0 Å². The van der Waals surface area contributed by atoms with Crippen molar-refractivity contribution in [1.82, 2.24) is 4.90 Å². The van der Waals surface area contributed by atoms with Crippen LogP contribution in [0.15, 0.2) is 83.8 Å². The van der Waals surface area contributed by atoms with Crippen molar-refractivity contribution in [2.45, 2.75) is 12.8 Å². The van der Waals surface area contributed by atoms with Gasteiger partial charge < -0.3 is 10.1 Å². The second-order valence-electron chi connectivity index (χ2n) is 7.71. The Kier molecular flexibility index (Phi) is 7.44. The molecule has 3 amide bonds. The summed E-state index contributed by atoms with van der Waals surface area (Å²) in [5.41, 5.74) is 0.112. The summed E-state index contributed by atoms with van der Waals surface area (Å²) in [7, 11) is 0. The summed E-state index contributed by atoms with van der Waals surface area (Å²) in [6.07, 6.45) is -3.18. The van der Waals surface area contributed by atoms with Gasteiger partial charge in [-0.2, -0.15) is 13.2 Å². The molecule has 0 aromatic heterocycles. The number of amides is 3. The van der Waals surface area contributed by atoms with Crippen LogP contribution in [0.1, 0.15) is 16.7 Å². The molecule has 6 nitrogen and oxygen atoms in total. The molecule has 3 aromatic carbocycles. The Morgan fingerprint density at radius 2 is 1.69 bits per heavy atom. The van der Waals surface area contributed by atoms with Crippen molar-refractivity contribution >= 4 is 40.6 Å². The Hall–Kier alpha value is -4.05. The molecule has 1 N–H and O–H groups in total. The van der Waals surface area contributed by atoms with Crippen LogP contribution in [0.4, 0.5) is 23.7 Å². The van der Waals surface area contributed by atoms with E-state index in [1.54, 1.807) is 24.3 Å². The van der Waals surface area contributed by atoms with E-state index in [4.69, 9.17) is 4.74 Å². The quantitative estimate of drug-likeness (QED) is 0.396. The molecule has 1 aliphatic rings. The summed E-state index contributed by atoms with van der Waals surface area (Å²) in [6.45, 7) is -0.359. The third kappa shape index (κ3) is 6.14. The Morgan fingerprint density at radius 3 is 2.44 bits per heavy atom. The molecule has 0 saturated carbocycles. The van der Waals surface area contributed by atoms with Crippen molar-refractivity contribution in [2.75, 3.05) is 11.9 Å². The van der Waals surface area contributed by atoms with Crippen molar-refractivity contribution in [2.24, 2.45) is 0 Å². The van der Waals surface area contributed by atoms with Crippen LogP contribution in [0.5, 0.6) is 5.75 Å². The number of carbonyl (C=O) groups excluding carboxylic acids is 3. The molecule has 0 atom stereocenters. The predicted molar refractivity (Wildman–Crippen MR) is 130 cm³/mol. The highest BCUT2D eigenvalue weighted by atomic mass is 32.2. The highest BCUT2D eigenvalue weighted by Crippen LogP contribution is 2.35. The molecule has 0 radical (unpaired) electrons. The summed E-state index contributed by atoms with van der Waals surface area (Å²) in [5.74, 6) is -1.07. The number of halogens is 3. The van der Waals surface area contributed by atoms with Gasteiger partial charge in [0, 0.05) is 0 Å². The van der Waals surface area contributed by atoms with Gasteiger partial charge in [-0.05, 0) is 53.2 Å². The van der Waals surface area contributed by atoms with Crippen molar-refractivity contribution in [3.05, 3.63) is 100 Å². The van der Waals surface area contributed by atoms with E-state index in [0.717, 1.165) is 17.7 Å². The van der Waals surface area contributed by atoms with Crippen LogP contribution >= 0.6 is 11.8 Å². The second-order valence-corrected chi connectivity index (χ2v) is 8.70. The zero-order valence-electron chi connectivity index (χ0n) is 18.6. The molecule has 36 heavy (non-hydrogen) atoms. The van der Waals surface area contributed by atoms with E-state index < -0.39 is 41.0 Å². The van der Waals surface area contributed by atoms with Crippen LogP contribution < -0.4 is 10.1 Å². The minimum Gasteiger partial charge on any atom is -0.489 e. The molecule has 0 unspecified atom stereocenters. The number of anilines is 1. The first kappa shape index (κ1) is 25.1. The van der Waals surface area contributed by atoms with Crippen LogP contribution in [0.2, 0.25) is 0 Å².